The van der Waals surface area contributed by atoms with Crippen LogP contribution >= 0.6 is 0 Å². The number of nitro groups is 1. The summed E-state index contributed by atoms with van der Waals surface area (Å²) in [6, 6.07) is 5.93. The summed E-state index contributed by atoms with van der Waals surface area (Å²) in [6.07, 6.45) is 2.44. The van der Waals surface area contributed by atoms with Crippen LogP contribution in [0.4, 0.5) is 20.6 Å². The van der Waals surface area contributed by atoms with Gasteiger partial charge in [0.2, 0.25) is 0 Å². The van der Waals surface area contributed by atoms with Crippen LogP contribution < -0.4 is 15.2 Å². The molecule has 1 saturated carbocycles. The normalized spacial score (nSPS) is 17.5. The van der Waals surface area contributed by atoms with Gasteiger partial charge in [-0.25, -0.2) is 19.0 Å². The van der Waals surface area contributed by atoms with Crippen LogP contribution in [0.1, 0.15) is 83.0 Å². The molecule has 1 amide bonds. The van der Waals surface area contributed by atoms with Gasteiger partial charge in [0.1, 0.15) is 28.9 Å². The number of rotatable bonds is 8. The van der Waals surface area contributed by atoms with Gasteiger partial charge in [-0.05, 0) is 94.7 Å². The van der Waals surface area contributed by atoms with Crippen molar-refractivity contribution < 1.29 is 33.1 Å². The van der Waals surface area contributed by atoms with Crippen molar-refractivity contribution in [3.63, 3.8) is 0 Å². The van der Waals surface area contributed by atoms with Crippen molar-refractivity contribution in [3.05, 3.63) is 79.6 Å². The number of hydrogen-bond donors (Lipinski definition) is 0. The lowest BCUT2D eigenvalue weighted by Gasteiger charge is -2.45. The van der Waals surface area contributed by atoms with Crippen LogP contribution in [-0.2, 0) is 14.3 Å². The molecule has 4 heterocycles. The summed E-state index contributed by atoms with van der Waals surface area (Å²) in [4.78, 5) is 67.0. The van der Waals surface area contributed by atoms with Gasteiger partial charge in [-0.2, -0.15) is 0 Å². The molecule has 0 radical (unpaired) electrons. The van der Waals surface area contributed by atoms with Crippen molar-refractivity contribution >= 4 is 34.5 Å². The first-order valence-electron chi connectivity index (χ1n) is 17.9. The quantitative estimate of drug-likeness (QED) is 0.106. The molecule has 1 aliphatic heterocycles. The number of esters is 1. The maximum absolute atomic E-state index is 15.9. The van der Waals surface area contributed by atoms with Crippen molar-refractivity contribution in [3.8, 4) is 22.7 Å². The Hall–Kier alpha value is -5.60. The number of piperazine rings is 1. The van der Waals surface area contributed by atoms with E-state index in [1.807, 2.05) is 13.8 Å². The second-order valence-electron chi connectivity index (χ2n) is 15.2. The largest absolute Gasteiger partial charge is 0.496 e. The average molecular weight is 745 g/mol. The average Bonchev–Trinajstić information content (AvgIpc) is 3.95. The zero-order valence-electron chi connectivity index (χ0n) is 31.9. The molecule has 1 aromatic carbocycles. The molecule has 1 aliphatic carbocycles. The van der Waals surface area contributed by atoms with E-state index < -0.39 is 51.7 Å². The molecule has 0 N–H and O–H groups in total. The van der Waals surface area contributed by atoms with Crippen molar-refractivity contribution in [2.24, 2.45) is 0 Å². The maximum atomic E-state index is 15.9. The number of methoxy groups -OCH3 is 2. The minimum Gasteiger partial charge on any atom is -0.496 e. The number of fused-ring (bicyclic) bond motifs is 1. The van der Waals surface area contributed by atoms with Crippen LogP contribution in [0.3, 0.4) is 0 Å². The van der Waals surface area contributed by atoms with E-state index in [0.29, 0.717) is 22.5 Å². The van der Waals surface area contributed by atoms with E-state index in [-0.39, 0.29) is 58.7 Å². The number of ether oxygens (including phenoxy) is 3. The molecule has 2 fully saturated rings. The van der Waals surface area contributed by atoms with Gasteiger partial charge in [0.25, 0.3) is 0 Å². The Labute approximate surface area is 312 Å². The summed E-state index contributed by atoms with van der Waals surface area (Å²) in [6.45, 7) is 12.1. The molecule has 15 heteroatoms. The molecule has 0 bridgehead atoms. The van der Waals surface area contributed by atoms with Gasteiger partial charge in [-0.15, -0.1) is 0 Å². The highest BCUT2D eigenvalue weighted by molar-refractivity contribution is 6.00. The molecule has 2 aliphatic rings. The summed E-state index contributed by atoms with van der Waals surface area (Å²) in [5.41, 5.74) is -0.500. The maximum Gasteiger partial charge on any atom is 0.410 e. The Bertz CT molecular complexity index is 2230. The number of pyridine rings is 3. The number of aromatic nitrogens is 3. The van der Waals surface area contributed by atoms with Crippen LogP contribution in [0.25, 0.3) is 28.0 Å². The molecule has 1 saturated heterocycles. The Morgan fingerprint density at radius 1 is 1.09 bits per heavy atom. The summed E-state index contributed by atoms with van der Waals surface area (Å²) >= 11 is 0. The molecular weight excluding hydrogens is 699 g/mol. The van der Waals surface area contributed by atoms with Crippen molar-refractivity contribution in [1.82, 2.24) is 19.4 Å². The van der Waals surface area contributed by atoms with Crippen LogP contribution in [0, 0.1) is 22.9 Å². The van der Waals surface area contributed by atoms with Crippen molar-refractivity contribution in [2.75, 3.05) is 32.2 Å². The smallest absolute Gasteiger partial charge is 0.410 e. The van der Waals surface area contributed by atoms with Crippen molar-refractivity contribution in [1.29, 1.82) is 0 Å². The molecule has 2 atom stereocenters. The molecule has 286 valence electrons. The van der Waals surface area contributed by atoms with Gasteiger partial charge in [0, 0.05) is 24.2 Å². The predicted molar refractivity (Wildman–Crippen MR) is 200 cm³/mol. The molecule has 14 nitrogen and oxygen atoms in total. The highest BCUT2D eigenvalue weighted by Crippen LogP contribution is 2.49. The fraction of sp³-hybridized carbons (Fsp3) is 0.462. The van der Waals surface area contributed by atoms with Crippen LogP contribution in [-0.4, -0.2) is 81.4 Å². The van der Waals surface area contributed by atoms with E-state index in [9.17, 15) is 24.5 Å². The molecule has 0 spiro atoms. The number of carbonyl (C=O) groups excluding carboxylic acids is 2. The van der Waals surface area contributed by atoms with Gasteiger partial charge in [0.05, 0.1) is 48.3 Å². The number of nitrogens with zero attached hydrogens (tertiary/aromatic N) is 6. The third kappa shape index (κ3) is 6.82. The lowest BCUT2D eigenvalue weighted by atomic mass is 9.97. The van der Waals surface area contributed by atoms with Gasteiger partial charge >= 0.3 is 23.3 Å². The molecular formula is C39H45FN6O8. The number of hydrogen-bond acceptors (Lipinski definition) is 11. The second kappa shape index (κ2) is 14.3. The lowest BCUT2D eigenvalue weighted by Crippen LogP contribution is -2.62. The van der Waals surface area contributed by atoms with E-state index in [4.69, 9.17) is 19.2 Å². The summed E-state index contributed by atoms with van der Waals surface area (Å²) < 4.78 is 33.5. The van der Waals surface area contributed by atoms with Gasteiger partial charge in [0.15, 0.2) is 5.65 Å². The Morgan fingerprint density at radius 3 is 2.39 bits per heavy atom. The molecule has 4 aromatic rings. The summed E-state index contributed by atoms with van der Waals surface area (Å²) in [5, 5.41) is 13.5. The van der Waals surface area contributed by atoms with Gasteiger partial charge in [-0.3, -0.25) is 24.5 Å². The molecule has 3 aromatic heterocycles. The van der Waals surface area contributed by atoms with E-state index in [1.54, 1.807) is 59.0 Å². The Kier molecular flexibility index (Phi) is 10.1. The SMILES string of the molecule is COC(=O)[C@H]1CN(C(=O)OC(C)(C)C)[C@H](C)CN1c1c([N+](=O)[O-])c(=O)n(-c2c(C)ccnc2C(C)C)c2nc(-c3c(F)cccc3OC)c(C3CC3)cc12. The highest BCUT2D eigenvalue weighted by Gasteiger charge is 2.45. The summed E-state index contributed by atoms with van der Waals surface area (Å²) in [7, 11) is 2.60. The molecule has 6 rings (SSSR count). The topological polar surface area (TPSA) is 159 Å². The number of anilines is 1. The summed E-state index contributed by atoms with van der Waals surface area (Å²) in [5.74, 6) is -1.45. The first-order chi connectivity index (χ1) is 25.5. The monoisotopic (exact) mass is 744 g/mol. The molecule has 0 unspecified atom stereocenters. The minimum atomic E-state index is -1.28. The van der Waals surface area contributed by atoms with Crippen LogP contribution in [0.5, 0.6) is 5.75 Å². The van der Waals surface area contributed by atoms with Gasteiger partial charge < -0.3 is 24.0 Å². The second-order valence-corrected chi connectivity index (χ2v) is 15.2. The standard InChI is InChI=1S/C39H45FN6O8/c1-20(2)30-32(21(3)15-16-41-30)45-35-25(17-24(23-13-14-23)31(42-35)29-26(40)11-10-12-28(29)52-8)33(34(36(45)47)46(50)51)44-18-22(4)43(19-27(44)37(48)53-9)38(49)54-39(5,6)7/h10-12,15-17,20,22-23,27H,13-14,18-19H2,1-9H3/t22-,27-/m1/s1. The third-order valence-electron chi connectivity index (χ3n) is 9.81. The van der Waals surface area contributed by atoms with E-state index in [1.165, 1.54) is 40.7 Å². The molecule has 54 heavy (non-hydrogen) atoms. The number of aryl methyl sites for hydroxylation is 1. The Morgan fingerprint density at radius 2 is 1.80 bits per heavy atom. The fourth-order valence-corrected chi connectivity index (χ4v) is 7.19. The van der Waals surface area contributed by atoms with E-state index in [2.05, 4.69) is 4.98 Å². The van der Waals surface area contributed by atoms with Crippen LogP contribution in [0.2, 0.25) is 0 Å². The lowest BCUT2D eigenvalue weighted by molar-refractivity contribution is -0.385. The minimum absolute atomic E-state index is 0.00542. The number of halogens is 1. The Balaban J connectivity index is 1.76. The first-order valence-corrected chi connectivity index (χ1v) is 17.9. The van der Waals surface area contributed by atoms with Crippen LogP contribution in [0.15, 0.2) is 41.3 Å². The van der Waals surface area contributed by atoms with E-state index >= 15 is 4.39 Å². The zero-order chi connectivity index (χ0) is 39.4. The fourth-order valence-electron chi connectivity index (χ4n) is 7.19. The number of amides is 1. The van der Waals surface area contributed by atoms with E-state index in [0.717, 1.165) is 12.8 Å². The number of carbonyl (C=O) groups is 2. The highest BCUT2D eigenvalue weighted by atomic mass is 19.1. The third-order valence-corrected chi connectivity index (χ3v) is 9.81. The number of benzene rings is 1. The zero-order valence-corrected chi connectivity index (χ0v) is 31.9. The predicted octanol–water partition coefficient (Wildman–Crippen LogP) is 6.80. The first kappa shape index (κ1) is 38.1. The van der Waals surface area contributed by atoms with Crippen molar-refractivity contribution in [2.45, 2.75) is 90.8 Å². The van der Waals surface area contributed by atoms with Gasteiger partial charge in [-0.1, -0.05) is 19.9 Å².